The van der Waals surface area contributed by atoms with Crippen LogP contribution in [0.4, 0.5) is 5.69 Å². The van der Waals surface area contributed by atoms with E-state index < -0.39 is 27.4 Å². The number of rotatable bonds is 5. The Hall–Kier alpha value is -2.09. The molecule has 1 aromatic rings. The van der Waals surface area contributed by atoms with E-state index in [9.17, 15) is 18.0 Å². The molecule has 0 bridgehead atoms. The Kier molecular flexibility index (Phi) is 5.13. The maximum absolute atomic E-state index is 12.5. The summed E-state index contributed by atoms with van der Waals surface area (Å²) in [6, 6.07) is 4.69. The van der Waals surface area contributed by atoms with E-state index >= 15 is 0 Å². The van der Waals surface area contributed by atoms with Crippen LogP contribution in [0.1, 0.15) is 43.1 Å². The number of esters is 1. The topological polar surface area (TPSA) is 92.8 Å². The summed E-state index contributed by atoms with van der Waals surface area (Å²) in [5, 5.41) is 2.71. The number of nitrogens with one attached hydrogen (secondary N) is 1. The number of hydrogen-bond donors (Lipinski definition) is 1. The van der Waals surface area contributed by atoms with Crippen molar-refractivity contribution in [2.45, 2.75) is 45.2 Å². The van der Waals surface area contributed by atoms with Gasteiger partial charge < -0.3 is 10.1 Å². The van der Waals surface area contributed by atoms with Crippen LogP contribution in [-0.4, -0.2) is 45.2 Å². The highest BCUT2D eigenvalue weighted by atomic mass is 32.2. The molecule has 1 N–H and O–H groups in total. The van der Waals surface area contributed by atoms with Gasteiger partial charge in [-0.25, -0.2) is 13.2 Å². The lowest BCUT2D eigenvalue weighted by molar-refractivity contribution is -0.147. The molecule has 0 spiro atoms. The molecule has 0 saturated heterocycles. The molecule has 0 saturated carbocycles. The van der Waals surface area contributed by atoms with Crippen molar-refractivity contribution in [1.29, 1.82) is 0 Å². The fourth-order valence-corrected chi connectivity index (χ4v) is 4.34. The first-order valence-electron chi connectivity index (χ1n) is 8.06. The van der Waals surface area contributed by atoms with Crippen LogP contribution >= 0.6 is 0 Å². The SMILES string of the molecule is CC[C@](C)(NC(=O)c1ccc2c(c1)C[C@@H](C)N2S(C)(=O)=O)C(=O)OC. The van der Waals surface area contributed by atoms with E-state index in [0.29, 0.717) is 24.1 Å². The van der Waals surface area contributed by atoms with Crippen molar-refractivity contribution >= 4 is 27.6 Å². The quantitative estimate of drug-likeness (QED) is 0.795. The van der Waals surface area contributed by atoms with Crippen LogP contribution < -0.4 is 9.62 Å². The number of methoxy groups -OCH3 is 1. The Morgan fingerprint density at radius 2 is 2.04 bits per heavy atom. The first-order valence-corrected chi connectivity index (χ1v) is 9.91. The Morgan fingerprint density at radius 1 is 1.40 bits per heavy atom. The number of carbonyl (C=O) groups excluding carboxylic acids is 2. The van der Waals surface area contributed by atoms with Crippen LogP contribution in [0.5, 0.6) is 0 Å². The van der Waals surface area contributed by atoms with E-state index in [1.165, 1.54) is 17.7 Å². The fraction of sp³-hybridized carbons (Fsp3) is 0.529. The maximum atomic E-state index is 12.5. The summed E-state index contributed by atoms with van der Waals surface area (Å²) < 4.78 is 30.0. The minimum absolute atomic E-state index is 0.195. The normalized spacial score (nSPS) is 19.1. The van der Waals surface area contributed by atoms with Crippen LogP contribution in [0, 0.1) is 0 Å². The molecule has 2 rings (SSSR count). The zero-order valence-corrected chi connectivity index (χ0v) is 15.9. The van der Waals surface area contributed by atoms with E-state index in [1.807, 2.05) is 6.92 Å². The third-order valence-corrected chi connectivity index (χ3v) is 5.86. The third-order valence-electron chi connectivity index (χ3n) is 4.58. The van der Waals surface area contributed by atoms with Crippen LogP contribution in [0.25, 0.3) is 0 Å². The van der Waals surface area contributed by atoms with Crippen molar-refractivity contribution in [3.63, 3.8) is 0 Å². The minimum Gasteiger partial charge on any atom is -0.467 e. The molecule has 138 valence electrons. The number of benzene rings is 1. The molecule has 25 heavy (non-hydrogen) atoms. The number of sulfonamides is 1. The number of ether oxygens (including phenoxy) is 1. The van der Waals surface area contributed by atoms with E-state index in [2.05, 4.69) is 5.32 Å². The van der Waals surface area contributed by atoms with Crippen LogP contribution in [-0.2, 0) is 26.0 Å². The third kappa shape index (κ3) is 3.63. The van der Waals surface area contributed by atoms with Crippen LogP contribution in [0.3, 0.4) is 0 Å². The van der Waals surface area contributed by atoms with Crippen molar-refractivity contribution in [2.24, 2.45) is 0 Å². The number of anilines is 1. The van der Waals surface area contributed by atoms with Gasteiger partial charge in [-0.1, -0.05) is 6.92 Å². The van der Waals surface area contributed by atoms with Gasteiger partial charge in [-0.2, -0.15) is 0 Å². The van der Waals surface area contributed by atoms with Gasteiger partial charge in [0.2, 0.25) is 10.0 Å². The van der Waals surface area contributed by atoms with Gasteiger partial charge in [0.1, 0.15) is 5.54 Å². The molecule has 0 radical (unpaired) electrons. The van der Waals surface area contributed by atoms with E-state index in [1.54, 1.807) is 32.0 Å². The highest BCUT2D eigenvalue weighted by Crippen LogP contribution is 2.34. The molecule has 0 aromatic heterocycles. The number of fused-ring (bicyclic) bond motifs is 1. The summed E-state index contributed by atoms with van der Waals surface area (Å²) >= 11 is 0. The average Bonchev–Trinajstić information content (AvgIpc) is 2.88. The second-order valence-corrected chi connectivity index (χ2v) is 8.45. The molecule has 0 aliphatic carbocycles. The molecule has 1 heterocycles. The maximum Gasteiger partial charge on any atom is 0.331 e. The second-order valence-electron chi connectivity index (χ2n) is 6.59. The molecule has 1 aliphatic rings. The highest BCUT2D eigenvalue weighted by Gasteiger charge is 2.36. The average molecular weight is 368 g/mol. The van der Waals surface area contributed by atoms with Crippen LogP contribution in [0.2, 0.25) is 0 Å². The first-order chi connectivity index (χ1) is 11.5. The molecule has 2 atom stereocenters. The van der Waals surface area contributed by atoms with E-state index in [4.69, 9.17) is 4.74 Å². The summed E-state index contributed by atoms with van der Waals surface area (Å²) in [7, 11) is -2.10. The molecule has 1 aromatic carbocycles. The van der Waals surface area contributed by atoms with Crippen molar-refractivity contribution in [1.82, 2.24) is 5.32 Å². The molecule has 7 nitrogen and oxygen atoms in total. The van der Waals surface area contributed by atoms with E-state index in [0.717, 1.165) is 5.56 Å². The Morgan fingerprint density at radius 3 is 2.56 bits per heavy atom. The Labute approximate surface area is 148 Å². The Balaban J connectivity index is 2.31. The number of carbonyl (C=O) groups is 2. The standard InChI is InChI=1S/C17H24N2O5S/c1-6-17(3,16(21)24-4)18-15(20)12-7-8-14-13(10-12)9-11(2)19(14)25(5,22)23/h7-8,10-11H,6,9H2,1-5H3,(H,18,20)/t11-,17+/m1/s1. The summed E-state index contributed by atoms with van der Waals surface area (Å²) in [6.45, 7) is 5.22. The number of nitrogens with zero attached hydrogens (tertiary/aromatic N) is 1. The second kappa shape index (κ2) is 6.67. The van der Waals surface area contributed by atoms with Crippen molar-refractivity contribution in [3.8, 4) is 0 Å². The first kappa shape index (κ1) is 19.2. The summed E-state index contributed by atoms with van der Waals surface area (Å²) in [5.74, 6) is -0.913. The molecular weight excluding hydrogens is 344 g/mol. The van der Waals surface area contributed by atoms with Gasteiger partial charge in [0.25, 0.3) is 5.91 Å². The van der Waals surface area contributed by atoms with Gasteiger partial charge in [-0.3, -0.25) is 9.10 Å². The molecule has 0 unspecified atom stereocenters. The van der Waals surface area contributed by atoms with Gasteiger partial charge in [-0.05, 0) is 50.5 Å². The highest BCUT2D eigenvalue weighted by molar-refractivity contribution is 7.92. The van der Waals surface area contributed by atoms with Gasteiger partial charge in [0.15, 0.2) is 0 Å². The molecule has 0 fully saturated rings. The minimum atomic E-state index is -3.37. The van der Waals surface area contributed by atoms with Gasteiger partial charge in [0.05, 0.1) is 19.1 Å². The van der Waals surface area contributed by atoms with Crippen molar-refractivity contribution < 1.29 is 22.7 Å². The summed E-state index contributed by atoms with van der Waals surface area (Å²) in [6.07, 6.45) is 2.09. The fourth-order valence-electron chi connectivity index (χ4n) is 3.08. The van der Waals surface area contributed by atoms with Gasteiger partial charge >= 0.3 is 5.97 Å². The molecule has 8 heteroatoms. The van der Waals surface area contributed by atoms with Crippen LogP contribution in [0.15, 0.2) is 18.2 Å². The number of amides is 1. The zero-order chi connectivity index (χ0) is 19.0. The predicted octanol–water partition coefficient (Wildman–Crippen LogP) is 1.47. The lowest BCUT2D eigenvalue weighted by Gasteiger charge is -2.26. The molecule has 1 aliphatic heterocycles. The van der Waals surface area contributed by atoms with Crippen molar-refractivity contribution in [2.75, 3.05) is 17.7 Å². The largest absolute Gasteiger partial charge is 0.467 e. The van der Waals surface area contributed by atoms with Gasteiger partial charge in [-0.15, -0.1) is 0 Å². The molecular formula is C17H24N2O5S. The monoisotopic (exact) mass is 368 g/mol. The Bertz CT molecular complexity index is 805. The lowest BCUT2D eigenvalue weighted by atomic mass is 9.98. The molecule has 1 amide bonds. The number of hydrogen-bond acceptors (Lipinski definition) is 5. The summed E-state index contributed by atoms with van der Waals surface area (Å²) in [4.78, 5) is 24.5. The predicted molar refractivity (Wildman–Crippen MR) is 95.1 cm³/mol. The van der Waals surface area contributed by atoms with Crippen molar-refractivity contribution in [3.05, 3.63) is 29.3 Å². The van der Waals surface area contributed by atoms with E-state index in [-0.39, 0.29) is 6.04 Å². The lowest BCUT2D eigenvalue weighted by Crippen LogP contribution is -2.52. The summed E-state index contributed by atoms with van der Waals surface area (Å²) in [5.41, 5.74) is 0.654. The van der Waals surface area contributed by atoms with Gasteiger partial charge in [0, 0.05) is 11.6 Å². The zero-order valence-electron chi connectivity index (χ0n) is 15.1. The smallest absolute Gasteiger partial charge is 0.331 e.